The van der Waals surface area contributed by atoms with Crippen LogP contribution in [0.3, 0.4) is 0 Å². The first-order chi connectivity index (χ1) is 8.27. The van der Waals surface area contributed by atoms with Gasteiger partial charge >= 0.3 is 0 Å². The van der Waals surface area contributed by atoms with Gasteiger partial charge in [0.15, 0.2) is 0 Å². The van der Waals surface area contributed by atoms with Crippen molar-refractivity contribution < 1.29 is 4.48 Å². The number of nitrogens with zero attached hydrogens (tertiary/aromatic N) is 1. The van der Waals surface area contributed by atoms with Crippen LogP contribution in [0, 0.1) is 0 Å². The first-order valence-electron chi connectivity index (χ1n) is 7.45. The highest BCUT2D eigenvalue weighted by Gasteiger charge is 2.17. The molecule has 0 saturated carbocycles. The molecule has 1 atom stereocenters. The molecule has 1 aliphatic rings. The molecule has 0 aromatic heterocycles. The summed E-state index contributed by atoms with van der Waals surface area (Å²) >= 11 is 0. The standard InChI is InChI=1S/C16H30N/c1-3-4-5-6-7-8-9-11-14-17(2)15-12-10-13-16-17/h10,12-13,15H,3-9,11,14,16H2,1-2H3/q+1. The van der Waals surface area contributed by atoms with Crippen LogP contribution >= 0.6 is 0 Å². The maximum Gasteiger partial charge on any atom is 0.102 e. The van der Waals surface area contributed by atoms with Crippen LogP contribution in [-0.2, 0) is 0 Å². The Morgan fingerprint density at radius 2 is 1.53 bits per heavy atom. The van der Waals surface area contributed by atoms with Crippen molar-refractivity contribution in [3.8, 4) is 0 Å². The summed E-state index contributed by atoms with van der Waals surface area (Å²) in [5.74, 6) is 0. The van der Waals surface area contributed by atoms with Crippen LogP contribution in [0.4, 0.5) is 0 Å². The number of quaternary nitrogens is 1. The molecule has 1 heterocycles. The summed E-state index contributed by atoms with van der Waals surface area (Å²) in [5, 5.41) is 0. The molecule has 0 aliphatic carbocycles. The molecule has 0 aromatic carbocycles. The second kappa shape index (κ2) is 8.52. The summed E-state index contributed by atoms with van der Waals surface area (Å²) < 4.78 is 1.10. The molecule has 98 valence electrons. The van der Waals surface area contributed by atoms with Crippen molar-refractivity contribution >= 4 is 0 Å². The zero-order valence-electron chi connectivity index (χ0n) is 11.8. The zero-order chi connectivity index (χ0) is 12.4. The van der Waals surface area contributed by atoms with Gasteiger partial charge in [-0.2, -0.15) is 0 Å². The number of hydrogen-bond acceptors (Lipinski definition) is 0. The number of unbranched alkanes of at least 4 members (excludes halogenated alkanes) is 7. The first kappa shape index (κ1) is 14.5. The summed E-state index contributed by atoms with van der Waals surface area (Å²) in [6.07, 6.45) is 20.3. The third-order valence-electron chi connectivity index (χ3n) is 3.74. The van der Waals surface area contributed by atoms with Gasteiger partial charge in [-0.3, -0.25) is 4.48 Å². The van der Waals surface area contributed by atoms with Crippen LogP contribution in [0.1, 0.15) is 58.3 Å². The third-order valence-corrected chi connectivity index (χ3v) is 3.74. The quantitative estimate of drug-likeness (QED) is 0.403. The fourth-order valence-electron chi connectivity index (χ4n) is 2.47. The average Bonchev–Trinajstić information content (AvgIpc) is 2.33. The maximum absolute atomic E-state index is 2.33. The van der Waals surface area contributed by atoms with Gasteiger partial charge in [-0.15, -0.1) is 0 Å². The Labute approximate surface area is 108 Å². The Hall–Kier alpha value is -0.560. The van der Waals surface area contributed by atoms with Gasteiger partial charge in [0.25, 0.3) is 0 Å². The van der Waals surface area contributed by atoms with Gasteiger partial charge in [0.05, 0.1) is 19.8 Å². The van der Waals surface area contributed by atoms with Gasteiger partial charge in [-0.1, -0.05) is 51.5 Å². The van der Waals surface area contributed by atoms with Gasteiger partial charge in [0.2, 0.25) is 0 Å². The minimum absolute atomic E-state index is 1.10. The van der Waals surface area contributed by atoms with Crippen molar-refractivity contribution in [2.45, 2.75) is 58.3 Å². The average molecular weight is 236 g/mol. The van der Waals surface area contributed by atoms with Crippen LogP contribution in [0.25, 0.3) is 0 Å². The molecule has 0 amide bonds. The zero-order valence-corrected chi connectivity index (χ0v) is 11.8. The number of hydrogen-bond donors (Lipinski definition) is 0. The fourth-order valence-corrected chi connectivity index (χ4v) is 2.47. The molecule has 0 aromatic rings. The topological polar surface area (TPSA) is 0 Å². The molecule has 1 nitrogen and oxygen atoms in total. The lowest BCUT2D eigenvalue weighted by molar-refractivity contribution is -0.854. The maximum atomic E-state index is 2.33. The Kier molecular flexibility index (Phi) is 7.27. The van der Waals surface area contributed by atoms with Crippen molar-refractivity contribution in [2.75, 3.05) is 20.1 Å². The summed E-state index contributed by atoms with van der Waals surface area (Å²) in [5.41, 5.74) is 0. The van der Waals surface area contributed by atoms with Crippen LogP contribution in [-0.4, -0.2) is 24.6 Å². The van der Waals surface area contributed by atoms with Crippen LogP contribution in [0.15, 0.2) is 24.4 Å². The lowest BCUT2D eigenvalue weighted by Crippen LogP contribution is -2.40. The summed E-state index contributed by atoms with van der Waals surface area (Å²) in [6, 6.07) is 0. The summed E-state index contributed by atoms with van der Waals surface area (Å²) in [6.45, 7) is 4.76. The van der Waals surface area contributed by atoms with E-state index in [0.717, 1.165) is 4.48 Å². The molecular weight excluding hydrogens is 206 g/mol. The SMILES string of the molecule is CCCCCCCCCC[N+]1(C)C=CC=CC1. The molecule has 0 N–H and O–H groups in total. The molecule has 17 heavy (non-hydrogen) atoms. The normalized spacial score (nSPS) is 23.2. The molecule has 0 saturated heterocycles. The largest absolute Gasteiger partial charge is 0.296 e. The molecule has 1 unspecified atom stereocenters. The third kappa shape index (κ3) is 6.68. The molecule has 1 aliphatic heterocycles. The van der Waals surface area contributed by atoms with E-state index in [0.29, 0.717) is 0 Å². The fraction of sp³-hybridized carbons (Fsp3) is 0.750. The number of allylic oxidation sites excluding steroid dienone is 2. The minimum Gasteiger partial charge on any atom is -0.296 e. The lowest BCUT2D eigenvalue weighted by atomic mass is 10.1. The highest BCUT2D eigenvalue weighted by Crippen LogP contribution is 2.13. The van der Waals surface area contributed by atoms with E-state index in [2.05, 4.69) is 38.4 Å². The predicted molar refractivity (Wildman–Crippen MR) is 76.8 cm³/mol. The van der Waals surface area contributed by atoms with Crippen LogP contribution in [0.2, 0.25) is 0 Å². The van der Waals surface area contributed by atoms with E-state index in [9.17, 15) is 0 Å². The smallest absolute Gasteiger partial charge is 0.102 e. The molecule has 0 bridgehead atoms. The van der Waals surface area contributed by atoms with E-state index in [4.69, 9.17) is 0 Å². The van der Waals surface area contributed by atoms with Crippen molar-refractivity contribution in [3.63, 3.8) is 0 Å². The van der Waals surface area contributed by atoms with Crippen molar-refractivity contribution in [3.05, 3.63) is 24.4 Å². The first-order valence-corrected chi connectivity index (χ1v) is 7.45. The van der Waals surface area contributed by atoms with E-state index < -0.39 is 0 Å². The van der Waals surface area contributed by atoms with Crippen molar-refractivity contribution in [1.82, 2.24) is 0 Å². The van der Waals surface area contributed by atoms with Gasteiger partial charge in [-0.25, -0.2) is 0 Å². The van der Waals surface area contributed by atoms with E-state index in [-0.39, 0.29) is 0 Å². The van der Waals surface area contributed by atoms with Gasteiger partial charge in [-0.05, 0) is 25.0 Å². The highest BCUT2D eigenvalue weighted by atomic mass is 15.3. The van der Waals surface area contributed by atoms with Gasteiger partial charge in [0.1, 0.15) is 6.54 Å². The number of rotatable bonds is 9. The highest BCUT2D eigenvalue weighted by molar-refractivity contribution is 5.03. The van der Waals surface area contributed by atoms with Crippen molar-refractivity contribution in [2.24, 2.45) is 0 Å². The van der Waals surface area contributed by atoms with E-state index in [1.54, 1.807) is 0 Å². The lowest BCUT2D eigenvalue weighted by Gasteiger charge is -2.30. The Balaban J connectivity index is 1.93. The minimum atomic E-state index is 1.10. The predicted octanol–water partition coefficient (Wildman–Crippen LogP) is 4.66. The Bertz CT molecular complexity index is 242. The van der Waals surface area contributed by atoms with Crippen molar-refractivity contribution in [1.29, 1.82) is 0 Å². The molecule has 0 spiro atoms. The second-order valence-electron chi connectivity index (χ2n) is 5.63. The van der Waals surface area contributed by atoms with E-state index >= 15 is 0 Å². The molecular formula is C16H30N+. The molecule has 1 rings (SSSR count). The second-order valence-corrected chi connectivity index (χ2v) is 5.63. The van der Waals surface area contributed by atoms with E-state index in [1.165, 1.54) is 64.5 Å². The Morgan fingerprint density at radius 3 is 2.12 bits per heavy atom. The summed E-state index contributed by atoms with van der Waals surface area (Å²) in [4.78, 5) is 0. The molecule has 0 radical (unpaired) electrons. The van der Waals surface area contributed by atoms with Gasteiger partial charge in [0, 0.05) is 0 Å². The van der Waals surface area contributed by atoms with Crippen LogP contribution < -0.4 is 0 Å². The van der Waals surface area contributed by atoms with E-state index in [1.807, 2.05) is 0 Å². The Morgan fingerprint density at radius 1 is 0.882 bits per heavy atom. The summed E-state index contributed by atoms with van der Waals surface area (Å²) in [7, 11) is 2.33. The molecule has 0 fully saturated rings. The van der Waals surface area contributed by atoms with Crippen LogP contribution in [0.5, 0.6) is 0 Å². The monoisotopic (exact) mass is 236 g/mol. The van der Waals surface area contributed by atoms with Gasteiger partial charge < -0.3 is 0 Å². The molecule has 1 heteroatoms. The number of likely N-dealkylation sites (N-methyl/N-ethyl adjacent to an activating group) is 1.